The highest BCUT2D eigenvalue weighted by Gasteiger charge is 2.56. The zero-order valence-electron chi connectivity index (χ0n) is 25.6. The summed E-state index contributed by atoms with van der Waals surface area (Å²) in [5.74, 6) is -4.22. The van der Waals surface area contributed by atoms with Crippen LogP contribution in [0.5, 0.6) is 0 Å². The van der Waals surface area contributed by atoms with Crippen LogP contribution in [0.1, 0.15) is 51.9 Å². The Labute approximate surface area is 270 Å². The molecule has 0 unspecified atom stereocenters. The van der Waals surface area contributed by atoms with Crippen LogP contribution < -0.4 is 0 Å². The third-order valence-electron chi connectivity index (χ3n) is 7.14. The number of thiol groups is 1. The summed E-state index contributed by atoms with van der Waals surface area (Å²) in [6.45, 7) is 5.36. The standard InChI is InChI=1S/C32H32N2O11S/c1-16(35)25-26(23-12-9-13-40-23)22(14-33)32(46)34(27(25)21-10-7-6-8-11-21)31-30(44-20(5)39)29(43-19(4)38)28(42-18(3)37)24(45-31)15-41-17(2)36/h6-13,24,26,28-31,46H,15H2,1-5H3/t24-,26-,28+,29+,30+,31+/m0/s1. The Morgan fingerprint density at radius 2 is 1.46 bits per heavy atom. The molecule has 2 aliphatic rings. The van der Waals surface area contributed by atoms with Crippen LogP contribution in [0.3, 0.4) is 0 Å². The molecule has 46 heavy (non-hydrogen) atoms. The smallest absolute Gasteiger partial charge is 0.303 e. The molecular formula is C32H32N2O11S. The third-order valence-corrected chi connectivity index (χ3v) is 7.59. The Kier molecular flexibility index (Phi) is 10.7. The minimum atomic E-state index is -1.53. The average Bonchev–Trinajstić information content (AvgIpc) is 3.52. The predicted molar refractivity (Wildman–Crippen MR) is 161 cm³/mol. The van der Waals surface area contributed by atoms with Gasteiger partial charge in [-0.2, -0.15) is 5.26 Å². The van der Waals surface area contributed by atoms with E-state index in [9.17, 15) is 29.2 Å². The highest BCUT2D eigenvalue weighted by molar-refractivity contribution is 7.84. The lowest BCUT2D eigenvalue weighted by atomic mass is 9.81. The highest BCUT2D eigenvalue weighted by Crippen LogP contribution is 2.49. The molecule has 2 aliphatic heterocycles. The second-order valence-electron chi connectivity index (χ2n) is 10.4. The summed E-state index contributed by atoms with van der Waals surface area (Å²) in [6.07, 6.45) is -5.82. The molecule has 14 heteroatoms. The Hall–Kier alpha value is -4.87. The first-order valence-electron chi connectivity index (χ1n) is 14.1. The van der Waals surface area contributed by atoms with Gasteiger partial charge in [-0.05, 0) is 24.6 Å². The molecule has 3 heterocycles. The minimum absolute atomic E-state index is 0.00368. The minimum Gasteiger partial charge on any atom is -0.468 e. The number of carbonyl (C=O) groups is 5. The van der Waals surface area contributed by atoms with E-state index in [1.165, 1.54) is 18.1 Å². The molecule has 0 N–H and O–H groups in total. The number of nitrogens with zero attached hydrogens (tertiary/aromatic N) is 2. The summed E-state index contributed by atoms with van der Waals surface area (Å²) < 4.78 is 34.1. The molecule has 242 valence electrons. The molecule has 0 saturated carbocycles. The Balaban J connectivity index is 2.05. The summed E-state index contributed by atoms with van der Waals surface area (Å²) in [4.78, 5) is 64.0. The number of carbonyl (C=O) groups excluding carboxylic acids is 5. The number of allylic oxidation sites excluding steroid dienone is 2. The van der Waals surface area contributed by atoms with Crippen molar-refractivity contribution >= 4 is 48.0 Å². The SMILES string of the molecule is CC(=O)OC[C@@H]1O[C@@H](N2C(S)=C(C#N)[C@@H](c3ccco3)C(C(C)=O)=C2c2ccccc2)[C@H](OC(C)=O)[C@H](OC(C)=O)[C@@H]1OC(C)=O. The molecule has 0 spiro atoms. The molecule has 4 rings (SSSR count). The Morgan fingerprint density at radius 3 is 1.98 bits per heavy atom. The number of Topliss-reactive ketones (excluding diaryl/α,β-unsaturated/α-hetero) is 1. The van der Waals surface area contributed by atoms with E-state index in [1.807, 2.05) is 0 Å². The van der Waals surface area contributed by atoms with Gasteiger partial charge >= 0.3 is 23.9 Å². The average molecular weight is 653 g/mol. The lowest BCUT2D eigenvalue weighted by Gasteiger charge is -2.50. The van der Waals surface area contributed by atoms with Crippen LogP contribution in [0.2, 0.25) is 0 Å². The van der Waals surface area contributed by atoms with E-state index in [-0.39, 0.29) is 21.9 Å². The number of hydrogen-bond donors (Lipinski definition) is 1. The normalized spacial score (nSPS) is 24.5. The van der Waals surface area contributed by atoms with Crippen molar-refractivity contribution in [3.8, 4) is 6.07 Å². The fraction of sp³-hybridized carbons (Fsp3) is 0.375. The van der Waals surface area contributed by atoms with Gasteiger partial charge in [0, 0.05) is 33.3 Å². The van der Waals surface area contributed by atoms with Gasteiger partial charge in [0.15, 0.2) is 30.3 Å². The lowest BCUT2D eigenvalue weighted by molar-refractivity contribution is -0.269. The molecule has 13 nitrogen and oxygen atoms in total. The first-order chi connectivity index (χ1) is 21.8. The van der Waals surface area contributed by atoms with Crippen molar-refractivity contribution < 1.29 is 52.1 Å². The number of nitriles is 1. The van der Waals surface area contributed by atoms with Crippen LogP contribution in [-0.4, -0.2) is 71.8 Å². The molecule has 1 aromatic heterocycles. The van der Waals surface area contributed by atoms with E-state index in [1.54, 1.807) is 42.5 Å². The van der Waals surface area contributed by atoms with E-state index >= 15 is 0 Å². The molecule has 6 atom stereocenters. The van der Waals surface area contributed by atoms with Crippen LogP contribution in [0.15, 0.2) is 69.3 Å². The lowest BCUT2D eigenvalue weighted by Crippen LogP contribution is -2.66. The first-order valence-corrected chi connectivity index (χ1v) is 14.6. The van der Waals surface area contributed by atoms with Gasteiger partial charge in [-0.15, -0.1) is 12.6 Å². The number of ether oxygens (including phenoxy) is 5. The topological polar surface area (TPSA) is 172 Å². The maximum atomic E-state index is 13.6. The Bertz CT molecular complexity index is 1610. The predicted octanol–water partition coefficient (Wildman–Crippen LogP) is 3.43. The van der Waals surface area contributed by atoms with E-state index in [4.69, 9.17) is 40.7 Å². The zero-order valence-corrected chi connectivity index (χ0v) is 26.5. The van der Waals surface area contributed by atoms with Crippen LogP contribution in [0.25, 0.3) is 5.70 Å². The first kappa shape index (κ1) is 34.0. The van der Waals surface area contributed by atoms with Gasteiger partial charge in [-0.3, -0.25) is 24.0 Å². The van der Waals surface area contributed by atoms with Gasteiger partial charge in [0.05, 0.1) is 34.5 Å². The summed E-state index contributed by atoms with van der Waals surface area (Å²) in [5.41, 5.74) is 0.833. The number of benzene rings is 1. The fourth-order valence-electron chi connectivity index (χ4n) is 5.55. The maximum absolute atomic E-state index is 13.6. The monoisotopic (exact) mass is 652 g/mol. The van der Waals surface area contributed by atoms with Crippen molar-refractivity contribution in [3.63, 3.8) is 0 Å². The van der Waals surface area contributed by atoms with Gasteiger partial charge in [0.25, 0.3) is 0 Å². The molecule has 0 amide bonds. The van der Waals surface area contributed by atoms with E-state index < -0.39 is 72.8 Å². The van der Waals surface area contributed by atoms with Crippen molar-refractivity contribution in [1.82, 2.24) is 4.90 Å². The van der Waals surface area contributed by atoms with Gasteiger partial charge < -0.3 is 33.0 Å². The molecule has 0 aliphatic carbocycles. The second-order valence-corrected chi connectivity index (χ2v) is 10.9. The summed E-state index contributed by atoms with van der Waals surface area (Å²) >= 11 is 4.77. The van der Waals surface area contributed by atoms with E-state index in [0.29, 0.717) is 11.3 Å². The van der Waals surface area contributed by atoms with Gasteiger partial charge in [0.1, 0.15) is 18.5 Å². The van der Waals surface area contributed by atoms with Crippen LogP contribution >= 0.6 is 12.6 Å². The van der Waals surface area contributed by atoms with Crippen molar-refractivity contribution in [2.75, 3.05) is 6.61 Å². The Morgan fingerprint density at radius 1 is 0.848 bits per heavy atom. The summed E-state index contributed by atoms with van der Waals surface area (Å²) in [7, 11) is 0. The van der Waals surface area contributed by atoms with Crippen molar-refractivity contribution in [2.24, 2.45) is 0 Å². The number of furan rings is 1. The second kappa shape index (κ2) is 14.5. The third kappa shape index (κ3) is 7.16. The largest absolute Gasteiger partial charge is 0.468 e. The molecule has 1 aromatic carbocycles. The van der Waals surface area contributed by atoms with Crippen LogP contribution in [-0.2, 0) is 47.7 Å². The number of rotatable bonds is 9. The summed E-state index contributed by atoms with van der Waals surface area (Å²) in [5, 5.41) is 10.4. The van der Waals surface area contributed by atoms with Gasteiger partial charge in [-0.25, -0.2) is 0 Å². The quantitative estimate of drug-likeness (QED) is 0.238. The summed E-state index contributed by atoms with van der Waals surface area (Å²) in [6, 6.07) is 14.0. The van der Waals surface area contributed by atoms with Gasteiger partial charge in [0.2, 0.25) is 0 Å². The highest BCUT2D eigenvalue weighted by atomic mass is 32.1. The number of esters is 4. The molecule has 2 aromatic rings. The van der Waals surface area contributed by atoms with Crippen molar-refractivity contribution in [1.29, 1.82) is 5.26 Å². The van der Waals surface area contributed by atoms with E-state index in [0.717, 1.165) is 27.7 Å². The van der Waals surface area contributed by atoms with Crippen molar-refractivity contribution in [2.45, 2.75) is 71.2 Å². The molecule has 1 fully saturated rings. The van der Waals surface area contributed by atoms with E-state index in [2.05, 4.69) is 6.07 Å². The van der Waals surface area contributed by atoms with Crippen LogP contribution in [0.4, 0.5) is 0 Å². The zero-order chi connectivity index (χ0) is 33.7. The molecule has 0 radical (unpaired) electrons. The maximum Gasteiger partial charge on any atom is 0.303 e. The molecule has 0 bridgehead atoms. The fourth-order valence-corrected chi connectivity index (χ4v) is 5.94. The number of hydrogen-bond acceptors (Lipinski definition) is 14. The number of ketones is 1. The van der Waals surface area contributed by atoms with Gasteiger partial charge in [-0.1, -0.05) is 30.3 Å². The van der Waals surface area contributed by atoms with Crippen molar-refractivity contribution in [3.05, 3.63) is 76.2 Å². The van der Waals surface area contributed by atoms with Crippen LogP contribution in [0, 0.1) is 11.3 Å². The molecule has 1 saturated heterocycles. The molecular weight excluding hydrogens is 620 g/mol.